The van der Waals surface area contributed by atoms with Crippen LogP contribution in [-0.2, 0) is 14.3 Å². The maximum atomic E-state index is 10.4. The van der Waals surface area contributed by atoms with Crippen LogP contribution in [0.3, 0.4) is 0 Å². The van der Waals surface area contributed by atoms with Crippen LogP contribution in [-0.4, -0.2) is 21.3 Å². The Hall–Kier alpha value is -0.130. The predicted molar refractivity (Wildman–Crippen MR) is 45.3 cm³/mol. The van der Waals surface area contributed by atoms with E-state index in [-0.39, 0.29) is 6.15 Å². The molecular weight excluding hydrogens is 166 g/mol. The summed E-state index contributed by atoms with van der Waals surface area (Å²) >= 11 is 0. The average Bonchev–Trinajstić information content (AvgIpc) is 1.78. The fourth-order valence-electron chi connectivity index (χ4n) is 0.562. The lowest BCUT2D eigenvalue weighted by molar-refractivity contribution is 0.311. The lowest BCUT2D eigenvalue weighted by Crippen LogP contribution is -2.03. The SMILES string of the molecule is CCCCCOS(C)(=O)=O.N. The summed E-state index contributed by atoms with van der Waals surface area (Å²) in [5.74, 6) is 0. The van der Waals surface area contributed by atoms with Crippen LogP contribution in [0.15, 0.2) is 0 Å². The van der Waals surface area contributed by atoms with Gasteiger partial charge in [-0.25, -0.2) is 0 Å². The molecule has 4 nitrogen and oxygen atoms in total. The van der Waals surface area contributed by atoms with Gasteiger partial charge in [0.25, 0.3) is 10.1 Å². The zero-order valence-electron chi connectivity index (χ0n) is 7.17. The molecule has 0 spiro atoms. The van der Waals surface area contributed by atoms with Gasteiger partial charge in [0.15, 0.2) is 0 Å². The first-order valence-corrected chi connectivity index (χ1v) is 5.22. The highest BCUT2D eigenvalue weighted by molar-refractivity contribution is 7.85. The summed E-state index contributed by atoms with van der Waals surface area (Å²) in [6.45, 7) is 2.38. The van der Waals surface area contributed by atoms with Gasteiger partial charge in [-0.1, -0.05) is 19.8 Å². The number of rotatable bonds is 5. The van der Waals surface area contributed by atoms with Crippen molar-refractivity contribution in [2.75, 3.05) is 12.9 Å². The Labute approximate surface area is 68.6 Å². The van der Waals surface area contributed by atoms with Gasteiger partial charge in [-0.05, 0) is 6.42 Å². The van der Waals surface area contributed by atoms with Crippen molar-refractivity contribution in [2.45, 2.75) is 26.2 Å². The second-order valence-electron chi connectivity index (χ2n) is 2.23. The Morgan fingerprint density at radius 2 is 1.82 bits per heavy atom. The minimum Gasteiger partial charge on any atom is -0.344 e. The van der Waals surface area contributed by atoms with Crippen molar-refractivity contribution in [2.24, 2.45) is 0 Å². The van der Waals surface area contributed by atoms with Gasteiger partial charge >= 0.3 is 0 Å². The second-order valence-corrected chi connectivity index (χ2v) is 3.88. The van der Waals surface area contributed by atoms with E-state index in [0.29, 0.717) is 6.61 Å². The molecule has 0 aliphatic heterocycles. The van der Waals surface area contributed by atoms with Crippen molar-refractivity contribution >= 4 is 10.1 Å². The summed E-state index contributed by atoms with van der Waals surface area (Å²) in [5.41, 5.74) is 0. The number of hydrogen-bond donors (Lipinski definition) is 1. The fourth-order valence-corrected chi connectivity index (χ4v) is 0.983. The van der Waals surface area contributed by atoms with Gasteiger partial charge in [0.2, 0.25) is 0 Å². The van der Waals surface area contributed by atoms with Crippen molar-refractivity contribution in [1.29, 1.82) is 0 Å². The molecule has 0 aromatic carbocycles. The van der Waals surface area contributed by atoms with Gasteiger partial charge in [0.05, 0.1) is 12.9 Å². The minimum absolute atomic E-state index is 0. The molecule has 11 heavy (non-hydrogen) atoms. The molecule has 0 aliphatic rings. The average molecular weight is 183 g/mol. The second kappa shape index (κ2) is 6.57. The van der Waals surface area contributed by atoms with E-state index in [9.17, 15) is 8.42 Å². The third kappa shape index (κ3) is 13.0. The van der Waals surface area contributed by atoms with Crippen LogP contribution < -0.4 is 6.15 Å². The molecule has 0 heterocycles. The van der Waals surface area contributed by atoms with Gasteiger partial charge < -0.3 is 6.15 Å². The zero-order chi connectivity index (χ0) is 8.04. The molecule has 3 N–H and O–H groups in total. The highest BCUT2D eigenvalue weighted by Crippen LogP contribution is 1.96. The van der Waals surface area contributed by atoms with Crippen molar-refractivity contribution in [3.05, 3.63) is 0 Å². The largest absolute Gasteiger partial charge is 0.344 e. The smallest absolute Gasteiger partial charge is 0.264 e. The molecule has 0 amide bonds. The van der Waals surface area contributed by atoms with Crippen LogP contribution in [0.5, 0.6) is 0 Å². The molecule has 0 atom stereocenters. The Kier molecular flexibility index (Phi) is 8.04. The molecule has 0 saturated carbocycles. The van der Waals surface area contributed by atoms with Crippen LogP contribution in [0, 0.1) is 0 Å². The Morgan fingerprint density at radius 1 is 1.27 bits per heavy atom. The molecule has 0 rings (SSSR count). The van der Waals surface area contributed by atoms with E-state index in [0.717, 1.165) is 25.5 Å². The predicted octanol–water partition coefficient (Wildman–Crippen LogP) is 1.31. The van der Waals surface area contributed by atoms with Gasteiger partial charge in [-0.2, -0.15) is 8.42 Å². The van der Waals surface area contributed by atoms with Crippen molar-refractivity contribution < 1.29 is 12.6 Å². The topological polar surface area (TPSA) is 78.4 Å². The summed E-state index contributed by atoms with van der Waals surface area (Å²) in [5, 5.41) is 0. The monoisotopic (exact) mass is 183 g/mol. The van der Waals surface area contributed by atoms with Crippen LogP contribution in [0.25, 0.3) is 0 Å². The summed E-state index contributed by atoms with van der Waals surface area (Å²) in [6.07, 6.45) is 3.99. The van der Waals surface area contributed by atoms with E-state index in [1.807, 2.05) is 0 Å². The molecule has 0 aromatic heterocycles. The molecule has 0 aliphatic carbocycles. The van der Waals surface area contributed by atoms with Gasteiger partial charge in [-0.3, -0.25) is 4.18 Å². The summed E-state index contributed by atoms with van der Waals surface area (Å²) in [4.78, 5) is 0. The molecule has 0 saturated heterocycles. The quantitative estimate of drug-likeness (QED) is 0.515. The van der Waals surface area contributed by atoms with Crippen molar-refractivity contribution in [3.8, 4) is 0 Å². The summed E-state index contributed by atoms with van der Waals surface area (Å²) in [6, 6.07) is 0. The van der Waals surface area contributed by atoms with Crippen LogP contribution in [0.1, 0.15) is 26.2 Å². The molecule has 5 heteroatoms. The minimum atomic E-state index is -3.20. The van der Waals surface area contributed by atoms with Crippen molar-refractivity contribution in [3.63, 3.8) is 0 Å². The Bertz CT molecular complexity index is 165. The Balaban J connectivity index is 0. The van der Waals surface area contributed by atoms with Crippen LogP contribution in [0.2, 0.25) is 0 Å². The maximum absolute atomic E-state index is 10.4. The van der Waals surface area contributed by atoms with Crippen LogP contribution in [0.4, 0.5) is 0 Å². The van der Waals surface area contributed by atoms with Gasteiger partial charge in [0.1, 0.15) is 0 Å². The number of unbranched alkanes of at least 4 members (excludes halogenated alkanes) is 2. The molecule has 0 aromatic rings. The van der Waals surface area contributed by atoms with E-state index in [1.165, 1.54) is 0 Å². The van der Waals surface area contributed by atoms with E-state index >= 15 is 0 Å². The molecule has 0 unspecified atom stereocenters. The highest BCUT2D eigenvalue weighted by atomic mass is 32.2. The first kappa shape index (κ1) is 13.5. The fraction of sp³-hybridized carbons (Fsp3) is 1.00. The van der Waals surface area contributed by atoms with E-state index in [2.05, 4.69) is 11.1 Å². The number of hydrogen-bond acceptors (Lipinski definition) is 4. The molecule has 0 radical (unpaired) electrons. The summed E-state index contributed by atoms with van der Waals surface area (Å²) in [7, 11) is -3.20. The Morgan fingerprint density at radius 3 is 2.18 bits per heavy atom. The van der Waals surface area contributed by atoms with Gasteiger partial charge in [-0.15, -0.1) is 0 Å². The molecular formula is C6H17NO3S. The summed E-state index contributed by atoms with van der Waals surface area (Å²) < 4.78 is 25.2. The van der Waals surface area contributed by atoms with Crippen molar-refractivity contribution in [1.82, 2.24) is 6.15 Å². The lowest BCUT2D eigenvalue weighted by Gasteiger charge is -1.98. The molecule has 0 bridgehead atoms. The molecule has 70 valence electrons. The van der Waals surface area contributed by atoms with E-state index in [1.54, 1.807) is 0 Å². The third-order valence-electron chi connectivity index (χ3n) is 1.05. The van der Waals surface area contributed by atoms with E-state index < -0.39 is 10.1 Å². The van der Waals surface area contributed by atoms with Gasteiger partial charge in [0, 0.05) is 0 Å². The highest BCUT2D eigenvalue weighted by Gasteiger charge is 1.98. The van der Waals surface area contributed by atoms with Crippen LogP contribution >= 0.6 is 0 Å². The lowest BCUT2D eigenvalue weighted by atomic mass is 10.3. The first-order chi connectivity index (χ1) is 4.56. The normalized spacial score (nSPS) is 10.7. The van der Waals surface area contributed by atoms with E-state index in [4.69, 9.17) is 0 Å². The maximum Gasteiger partial charge on any atom is 0.264 e. The molecule has 0 fully saturated rings. The zero-order valence-corrected chi connectivity index (χ0v) is 7.99. The first-order valence-electron chi connectivity index (χ1n) is 3.40. The standard InChI is InChI=1S/C6H14O3S.H3N/c1-3-4-5-6-9-10(2,7)8;/h3-6H2,1-2H3;1H3. The third-order valence-corrected chi connectivity index (χ3v) is 1.64.